The molecule has 0 aromatic carbocycles. The van der Waals surface area contributed by atoms with Gasteiger partial charge in [-0.15, -0.1) is 0 Å². The SMILES string of the molecule is CCNC(=O)CNC(=O)c1cncc(C=CC(=O)O)c1. The van der Waals surface area contributed by atoms with Crippen molar-refractivity contribution in [3.63, 3.8) is 0 Å². The zero-order chi connectivity index (χ0) is 15.0. The van der Waals surface area contributed by atoms with Gasteiger partial charge in [0.1, 0.15) is 0 Å². The summed E-state index contributed by atoms with van der Waals surface area (Å²) in [5, 5.41) is 13.5. The van der Waals surface area contributed by atoms with Crippen LogP contribution in [0.4, 0.5) is 0 Å². The zero-order valence-corrected chi connectivity index (χ0v) is 10.9. The molecule has 1 rings (SSSR count). The standard InChI is InChI=1S/C13H15N3O4/c1-2-15-11(17)8-16-13(20)10-5-9(6-14-7-10)3-4-12(18)19/h3-7H,2,8H2,1H3,(H,15,17)(H,16,20)(H,18,19). The number of carboxylic acids is 1. The molecule has 0 unspecified atom stereocenters. The number of hydrogen-bond donors (Lipinski definition) is 3. The summed E-state index contributed by atoms with van der Waals surface area (Å²) in [5.74, 6) is -1.82. The summed E-state index contributed by atoms with van der Waals surface area (Å²) in [6.45, 7) is 2.15. The zero-order valence-electron chi connectivity index (χ0n) is 10.9. The number of amides is 2. The molecule has 0 radical (unpaired) electrons. The molecule has 0 aliphatic carbocycles. The summed E-state index contributed by atoms with van der Waals surface area (Å²) >= 11 is 0. The van der Waals surface area contributed by atoms with Gasteiger partial charge in [0, 0.05) is 25.0 Å². The molecular formula is C13H15N3O4. The lowest BCUT2D eigenvalue weighted by Crippen LogP contribution is -2.36. The highest BCUT2D eigenvalue weighted by Gasteiger charge is 2.08. The first-order valence-corrected chi connectivity index (χ1v) is 5.94. The van der Waals surface area contributed by atoms with Crippen molar-refractivity contribution in [2.45, 2.75) is 6.92 Å². The number of carbonyl (C=O) groups excluding carboxylic acids is 2. The Morgan fingerprint density at radius 3 is 2.70 bits per heavy atom. The quantitative estimate of drug-likeness (QED) is 0.636. The predicted octanol–water partition coefficient (Wildman–Crippen LogP) is 0.0453. The molecule has 1 aromatic heterocycles. The average molecular weight is 277 g/mol. The van der Waals surface area contributed by atoms with Gasteiger partial charge in [-0.05, 0) is 24.6 Å². The minimum Gasteiger partial charge on any atom is -0.478 e. The molecule has 0 bridgehead atoms. The Labute approximate surface area is 115 Å². The first-order chi connectivity index (χ1) is 9.52. The van der Waals surface area contributed by atoms with Crippen LogP contribution in [0.1, 0.15) is 22.8 Å². The van der Waals surface area contributed by atoms with Crippen LogP contribution in [-0.2, 0) is 9.59 Å². The highest BCUT2D eigenvalue weighted by molar-refractivity contribution is 5.96. The van der Waals surface area contributed by atoms with E-state index < -0.39 is 11.9 Å². The van der Waals surface area contributed by atoms with E-state index >= 15 is 0 Å². The summed E-state index contributed by atoms with van der Waals surface area (Å²) < 4.78 is 0. The van der Waals surface area contributed by atoms with Crippen molar-refractivity contribution < 1.29 is 19.5 Å². The van der Waals surface area contributed by atoms with E-state index in [2.05, 4.69) is 15.6 Å². The van der Waals surface area contributed by atoms with Crippen LogP contribution in [0.15, 0.2) is 24.5 Å². The molecule has 1 aromatic rings. The molecule has 2 amide bonds. The largest absolute Gasteiger partial charge is 0.478 e. The van der Waals surface area contributed by atoms with E-state index in [0.29, 0.717) is 12.1 Å². The van der Waals surface area contributed by atoms with Crippen molar-refractivity contribution in [1.82, 2.24) is 15.6 Å². The molecule has 0 atom stereocenters. The molecular weight excluding hydrogens is 262 g/mol. The monoisotopic (exact) mass is 277 g/mol. The number of carboxylic acid groups (broad SMARTS) is 1. The second kappa shape index (κ2) is 7.67. The summed E-state index contributed by atoms with van der Waals surface area (Å²) in [5.41, 5.74) is 0.736. The van der Waals surface area contributed by atoms with Crippen LogP contribution in [0.5, 0.6) is 0 Å². The summed E-state index contributed by atoms with van der Waals surface area (Å²) in [4.78, 5) is 37.2. The number of rotatable bonds is 6. The van der Waals surface area contributed by atoms with Crippen LogP contribution in [0.3, 0.4) is 0 Å². The first kappa shape index (κ1) is 15.4. The molecule has 0 spiro atoms. The molecule has 0 aliphatic rings. The lowest BCUT2D eigenvalue weighted by Gasteiger charge is -2.05. The third kappa shape index (κ3) is 5.30. The van der Waals surface area contributed by atoms with Crippen molar-refractivity contribution in [3.8, 4) is 0 Å². The molecule has 0 fully saturated rings. The fraction of sp³-hybridized carbons (Fsp3) is 0.231. The molecule has 106 valence electrons. The predicted molar refractivity (Wildman–Crippen MR) is 71.9 cm³/mol. The molecule has 0 aliphatic heterocycles. The maximum atomic E-state index is 11.8. The Hall–Kier alpha value is -2.70. The van der Waals surface area contributed by atoms with Gasteiger partial charge in [0.2, 0.25) is 5.91 Å². The number of likely N-dealkylation sites (N-methyl/N-ethyl adjacent to an activating group) is 1. The molecule has 3 N–H and O–H groups in total. The van der Waals surface area contributed by atoms with Gasteiger partial charge in [0.25, 0.3) is 5.91 Å². The molecule has 0 saturated heterocycles. The van der Waals surface area contributed by atoms with Crippen LogP contribution in [0, 0.1) is 0 Å². The number of pyridine rings is 1. The van der Waals surface area contributed by atoms with E-state index in [1.165, 1.54) is 24.5 Å². The number of aliphatic carboxylic acids is 1. The number of carbonyl (C=O) groups is 3. The minimum atomic E-state index is -1.09. The van der Waals surface area contributed by atoms with E-state index in [-0.39, 0.29) is 18.0 Å². The molecule has 1 heterocycles. The fourth-order valence-corrected chi connectivity index (χ4v) is 1.36. The van der Waals surface area contributed by atoms with Crippen molar-refractivity contribution in [2.75, 3.05) is 13.1 Å². The highest BCUT2D eigenvalue weighted by atomic mass is 16.4. The van der Waals surface area contributed by atoms with Gasteiger partial charge in [-0.25, -0.2) is 4.79 Å². The second-order valence-electron chi connectivity index (χ2n) is 3.81. The third-order valence-corrected chi connectivity index (χ3v) is 2.22. The van der Waals surface area contributed by atoms with Gasteiger partial charge in [-0.1, -0.05) is 0 Å². The summed E-state index contributed by atoms with van der Waals surface area (Å²) in [6.07, 6.45) is 5.05. The van der Waals surface area contributed by atoms with Gasteiger partial charge in [0.05, 0.1) is 12.1 Å². The van der Waals surface area contributed by atoms with Crippen molar-refractivity contribution >= 4 is 23.9 Å². The van der Waals surface area contributed by atoms with Crippen molar-refractivity contribution in [2.24, 2.45) is 0 Å². The highest BCUT2D eigenvalue weighted by Crippen LogP contribution is 2.04. The molecule has 0 saturated carbocycles. The normalized spacial score (nSPS) is 10.2. The third-order valence-electron chi connectivity index (χ3n) is 2.22. The van der Waals surface area contributed by atoms with E-state index in [4.69, 9.17) is 5.11 Å². The Morgan fingerprint density at radius 2 is 2.05 bits per heavy atom. The summed E-state index contributed by atoms with van der Waals surface area (Å²) in [7, 11) is 0. The van der Waals surface area contributed by atoms with Gasteiger partial charge in [-0.2, -0.15) is 0 Å². The van der Waals surface area contributed by atoms with E-state index in [1.54, 1.807) is 6.92 Å². The van der Waals surface area contributed by atoms with Gasteiger partial charge in [0.15, 0.2) is 0 Å². The van der Waals surface area contributed by atoms with E-state index in [9.17, 15) is 14.4 Å². The van der Waals surface area contributed by atoms with Crippen LogP contribution in [0.2, 0.25) is 0 Å². The Morgan fingerprint density at radius 1 is 1.30 bits per heavy atom. The lowest BCUT2D eigenvalue weighted by molar-refractivity contribution is -0.131. The Kier molecular flexibility index (Phi) is 5.89. The fourth-order valence-electron chi connectivity index (χ4n) is 1.36. The average Bonchev–Trinajstić information content (AvgIpc) is 2.43. The van der Waals surface area contributed by atoms with Gasteiger partial charge >= 0.3 is 5.97 Å². The number of aromatic nitrogens is 1. The van der Waals surface area contributed by atoms with E-state index in [1.807, 2.05) is 0 Å². The molecule has 7 heteroatoms. The van der Waals surface area contributed by atoms with E-state index in [0.717, 1.165) is 6.08 Å². The number of nitrogens with one attached hydrogen (secondary N) is 2. The van der Waals surface area contributed by atoms with Gasteiger partial charge in [-0.3, -0.25) is 14.6 Å². The second-order valence-corrected chi connectivity index (χ2v) is 3.81. The smallest absolute Gasteiger partial charge is 0.328 e. The van der Waals surface area contributed by atoms with Crippen LogP contribution < -0.4 is 10.6 Å². The molecule has 7 nitrogen and oxygen atoms in total. The topological polar surface area (TPSA) is 108 Å². The number of hydrogen-bond acceptors (Lipinski definition) is 4. The van der Waals surface area contributed by atoms with Gasteiger partial charge < -0.3 is 15.7 Å². The maximum absolute atomic E-state index is 11.8. The Balaban J connectivity index is 2.66. The summed E-state index contributed by atoms with van der Waals surface area (Å²) in [6, 6.07) is 1.49. The minimum absolute atomic E-state index is 0.123. The van der Waals surface area contributed by atoms with Crippen molar-refractivity contribution in [3.05, 3.63) is 35.7 Å². The lowest BCUT2D eigenvalue weighted by atomic mass is 10.2. The van der Waals surface area contributed by atoms with Crippen LogP contribution in [-0.4, -0.2) is 41.0 Å². The van der Waals surface area contributed by atoms with Crippen LogP contribution >= 0.6 is 0 Å². The van der Waals surface area contributed by atoms with Crippen molar-refractivity contribution in [1.29, 1.82) is 0 Å². The Bertz CT molecular complexity index is 540. The maximum Gasteiger partial charge on any atom is 0.328 e. The first-order valence-electron chi connectivity index (χ1n) is 5.94. The number of nitrogens with zero attached hydrogens (tertiary/aromatic N) is 1. The molecule has 20 heavy (non-hydrogen) atoms. The van der Waals surface area contributed by atoms with Crippen LogP contribution in [0.25, 0.3) is 6.08 Å².